The fraction of sp³-hybridized carbons (Fsp3) is 0.333. The Labute approximate surface area is 171 Å². The van der Waals surface area contributed by atoms with Crippen LogP contribution in [0.25, 0.3) is 0 Å². The van der Waals surface area contributed by atoms with Crippen LogP contribution in [-0.2, 0) is 14.6 Å². The second kappa shape index (κ2) is 10.6. The molecule has 2 amide bonds. The number of ether oxygens (including phenoxy) is 1. The summed E-state index contributed by atoms with van der Waals surface area (Å²) in [5, 5.41) is 5.50. The summed E-state index contributed by atoms with van der Waals surface area (Å²) in [4.78, 5) is 24.5. The molecule has 8 heteroatoms. The molecule has 0 saturated carbocycles. The Bertz CT molecular complexity index is 940. The maximum absolute atomic E-state index is 12.3. The molecule has 0 aliphatic rings. The van der Waals surface area contributed by atoms with Crippen LogP contribution < -0.4 is 15.4 Å². The van der Waals surface area contributed by atoms with Gasteiger partial charge >= 0.3 is 0 Å². The lowest BCUT2D eigenvalue weighted by molar-refractivity contribution is -0.116. The zero-order valence-electron chi connectivity index (χ0n) is 16.6. The third kappa shape index (κ3) is 6.60. The van der Waals surface area contributed by atoms with Crippen molar-refractivity contribution in [1.82, 2.24) is 5.32 Å². The lowest BCUT2D eigenvalue weighted by Crippen LogP contribution is -2.26. The van der Waals surface area contributed by atoms with Gasteiger partial charge in [0.15, 0.2) is 9.84 Å². The molecule has 0 spiro atoms. The normalized spacial score (nSPS) is 11.0. The zero-order chi connectivity index (χ0) is 21.3. The van der Waals surface area contributed by atoms with Crippen molar-refractivity contribution in [2.75, 3.05) is 24.2 Å². The number of para-hydroxylation sites is 1. The van der Waals surface area contributed by atoms with Crippen molar-refractivity contribution in [3.63, 3.8) is 0 Å². The minimum atomic E-state index is -3.26. The van der Waals surface area contributed by atoms with Crippen molar-refractivity contribution in [3.05, 3.63) is 54.1 Å². The third-order valence-electron chi connectivity index (χ3n) is 4.17. The number of anilines is 1. The van der Waals surface area contributed by atoms with E-state index in [4.69, 9.17) is 4.74 Å². The largest absolute Gasteiger partial charge is 0.493 e. The molecule has 0 atom stereocenters. The molecule has 0 aliphatic heterocycles. The SMILES string of the molecule is CCOc1ccccc1C(=O)NCCCC(=O)Nc1ccc(S(=O)(=O)CC)cc1. The first kappa shape index (κ1) is 22.4. The first-order chi connectivity index (χ1) is 13.9. The lowest BCUT2D eigenvalue weighted by atomic mass is 10.2. The Morgan fingerprint density at radius 1 is 1.00 bits per heavy atom. The molecule has 0 heterocycles. The molecule has 2 N–H and O–H groups in total. The number of carbonyl (C=O) groups excluding carboxylic acids is 2. The van der Waals surface area contributed by atoms with Crippen LogP contribution in [0.1, 0.15) is 37.0 Å². The highest BCUT2D eigenvalue weighted by Gasteiger charge is 2.13. The summed E-state index contributed by atoms with van der Waals surface area (Å²) in [6, 6.07) is 13.1. The van der Waals surface area contributed by atoms with E-state index in [1.54, 1.807) is 43.3 Å². The van der Waals surface area contributed by atoms with Crippen LogP contribution in [0.3, 0.4) is 0 Å². The number of amides is 2. The van der Waals surface area contributed by atoms with Gasteiger partial charge in [-0.2, -0.15) is 0 Å². The molecular formula is C21H26N2O5S. The van der Waals surface area contributed by atoms with E-state index in [1.165, 1.54) is 12.1 Å². The van der Waals surface area contributed by atoms with Crippen LogP contribution in [0.4, 0.5) is 5.69 Å². The minimum absolute atomic E-state index is 0.0273. The molecule has 0 aliphatic carbocycles. The molecule has 29 heavy (non-hydrogen) atoms. The van der Waals surface area contributed by atoms with E-state index in [1.807, 2.05) is 6.92 Å². The summed E-state index contributed by atoms with van der Waals surface area (Å²) in [5.74, 6) is 0.0976. The van der Waals surface area contributed by atoms with E-state index in [0.717, 1.165) is 0 Å². The van der Waals surface area contributed by atoms with Crippen molar-refractivity contribution < 1.29 is 22.7 Å². The second-order valence-electron chi connectivity index (χ2n) is 6.26. The van der Waals surface area contributed by atoms with E-state index < -0.39 is 9.84 Å². The second-order valence-corrected chi connectivity index (χ2v) is 8.54. The van der Waals surface area contributed by atoms with Gasteiger partial charge in [0.2, 0.25) is 5.91 Å². The van der Waals surface area contributed by atoms with Crippen molar-refractivity contribution in [2.24, 2.45) is 0 Å². The van der Waals surface area contributed by atoms with Gasteiger partial charge in [0.05, 0.1) is 22.8 Å². The zero-order valence-corrected chi connectivity index (χ0v) is 17.4. The number of benzene rings is 2. The maximum Gasteiger partial charge on any atom is 0.255 e. The van der Waals surface area contributed by atoms with Gasteiger partial charge in [0.1, 0.15) is 5.75 Å². The van der Waals surface area contributed by atoms with Crippen LogP contribution in [-0.4, -0.2) is 39.1 Å². The van der Waals surface area contributed by atoms with Gasteiger partial charge in [0, 0.05) is 18.7 Å². The molecular weight excluding hydrogens is 392 g/mol. The van der Waals surface area contributed by atoms with Crippen molar-refractivity contribution in [3.8, 4) is 5.75 Å². The molecule has 7 nitrogen and oxygen atoms in total. The predicted molar refractivity (Wildman–Crippen MR) is 112 cm³/mol. The fourth-order valence-electron chi connectivity index (χ4n) is 2.62. The van der Waals surface area contributed by atoms with Crippen molar-refractivity contribution in [1.29, 1.82) is 0 Å². The first-order valence-corrected chi connectivity index (χ1v) is 11.1. The number of nitrogens with one attached hydrogen (secondary N) is 2. The first-order valence-electron chi connectivity index (χ1n) is 9.50. The van der Waals surface area contributed by atoms with Crippen molar-refractivity contribution >= 4 is 27.3 Å². The van der Waals surface area contributed by atoms with Crippen LogP contribution in [0.5, 0.6) is 5.75 Å². The molecule has 0 unspecified atom stereocenters. The Morgan fingerprint density at radius 2 is 1.69 bits per heavy atom. The maximum atomic E-state index is 12.3. The topological polar surface area (TPSA) is 102 Å². The molecule has 2 rings (SSSR count). The molecule has 0 bridgehead atoms. The van der Waals surface area contributed by atoms with Crippen LogP contribution in [0.2, 0.25) is 0 Å². The Balaban J connectivity index is 1.78. The van der Waals surface area contributed by atoms with Gasteiger partial charge in [-0.05, 0) is 49.7 Å². The monoisotopic (exact) mass is 418 g/mol. The van der Waals surface area contributed by atoms with E-state index in [9.17, 15) is 18.0 Å². The van der Waals surface area contributed by atoms with Gasteiger partial charge in [-0.1, -0.05) is 19.1 Å². The summed E-state index contributed by atoms with van der Waals surface area (Å²) in [5.41, 5.74) is 0.987. The summed E-state index contributed by atoms with van der Waals surface area (Å²) in [6.45, 7) is 4.25. The van der Waals surface area contributed by atoms with Crippen molar-refractivity contribution in [2.45, 2.75) is 31.6 Å². The van der Waals surface area contributed by atoms with Crippen LogP contribution in [0.15, 0.2) is 53.4 Å². The molecule has 156 valence electrons. The average Bonchev–Trinajstić information content (AvgIpc) is 2.72. The summed E-state index contributed by atoms with van der Waals surface area (Å²) >= 11 is 0. The molecule has 0 radical (unpaired) electrons. The van der Waals surface area contributed by atoms with E-state index in [0.29, 0.717) is 36.6 Å². The van der Waals surface area contributed by atoms with E-state index in [-0.39, 0.29) is 28.9 Å². The molecule has 0 aromatic heterocycles. The highest BCUT2D eigenvalue weighted by molar-refractivity contribution is 7.91. The number of sulfone groups is 1. The lowest BCUT2D eigenvalue weighted by Gasteiger charge is -2.10. The molecule has 2 aromatic carbocycles. The summed E-state index contributed by atoms with van der Waals surface area (Å²) in [6.07, 6.45) is 0.694. The smallest absolute Gasteiger partial charge is 0.255 e. The number of hydrogen-bond acceptors (Lipinski definition) is 5. The predicted octanol–water partition coefficient (Wildman–Crippen LogP) is 3.03. The number of hydrogen-bond donors (Lipinski definition) is 2. The van der Waals surface area contributed by atoms with E-state index in [2.05, 4.69) is 10.6 Å². The van der Waals surface area contributed by atoms with E-state index >= 15 is 0 Å². The fourth-order valence-corrected chi connectivity index (χ4v) is 3.50. The van der Waals surface area contributed by atoms with Gasteiger partial charge < -0.3 is 15.4 Å². The van der Waals surface area contributed by atoms with Crippen LogP contribution in [0, 0.1) is 0 Å². The standard InChI is InChI=1S/C21H26N2O5S/c1-3-28-19-9-6-5-8-18(19)21(25)22-15-7-10-20(24)23-16-11-13-17(14-12-16)29(26,27)4-2/h5-6,8-9,11-14H,3-4,7,10,15H2,1-2H3,(H,22,25)(H,23,24). The van der Waals surface area contributed by atoms with Crippen LogP contribution >= 0.6 is 0 Å². The van der Waals surface area contributed by atoms with Gasteiger partial charge in [-0.3, -0.25) is 9.59 Å². The molecule has 2 aromatic rings. The highest BCUT2D eigenvalue weighted by atomic mass is 32.2. The van der Waals surface area contributed by atoms with Gasteiger partial charge in [0.25, 0.3) is 5.91 Å². The molecule has 0 saturated heterocycles. The Hall–Kier alpha value is -2.87. The summed E-state index contributed by atoms with van der Waals surface area (Å²) < 4.78 is 29.0. The Kier molecular flexibility index (Phi) is 8.21. The summed E-state index contributed by atoms with van der Waals surface area (Å²) in [7, 11) is -3.26. The van der Waals surface area contributed by atoms with Gasteiger partial charge in [-0.15, -0.1) is 0 Å². The molecule has 0 fully saturated rings. The highest BCUT2D eigenvalue weighted by Crippen LogP contribution is 2.18. The Morgan fingerprint density at radius 3 is 2.34 bits per heavy atom. The minimum Gasteiger partial charge on any atom is -0.493 e. The number of rotatable bonds is 10. The third-order valence-corrected chi connectivity index (χ3v) is 5.93. The average molecular weight is 419 g/mol. The quantitative estimate of drug-likeness (QED) is 0.578. The number of carbonyl (C=O) groups is 2. The van der Waals surface area contributed by atoms with Gasteiger partial charge in [-0.25, -0.2) is 8.42 Å².